The molecule has 4 aromatic carbocycles. The number of amides is 6. The molecule has 3 saturated heterocycles. The maximum absolute atomic E-state index is 14.8. The minimum atomic E-state index is -1.66. The van der Waals surface area contributed by atoms with Crippen molar-refractivity contribution < 1.29 is 160 Å². The first-order chi connectivity index (χ1) is 65.9. The number of piperazine rings is 2. The summed E-state index contributed by atoms with van der Waals surface area (Å²) in [4.78, 5) is 199. The van der Waals surface area contributed by atoms with E-state index >= 15 is 0 Å². The molecule has 6 aromatic rings. The average molecular weight is 2100 g/mol. The van der Waals surface area contributed by atoms with E-state index in [9.17, 15) is 123 Å². The molecular weight excluding hydrogens is 1970 g/mol. The fraction of sp³-hybridized carbons (Fsp3) is 0.558. The SMILES string of the molecule is CCNC(=O)c1nnc(-c2cc(C(C)C)c(O)cc2O)n1-c1ccc(CN2CCN(C(=O)CCC(=O)C[C@@H](CCCCCC(=O)CCCC(=O)[C@@H](CO)NC(=O)[C@@H](CO)CC(=O)[C@@H](CO)NC(=O)CC[C@H](C(=O)O)N3CCN(CC(=O)O)CCN(CC(=O)O)CCN(CC(=O)O)CC3)C(=O)N3CCN(Cc4ccc(-n5c(C(=O)NCC)nnc5-c5cc(C(C)C)c(O)cc5O)cc4)CC3)CC2)cc1.[Lu]. The van der Waals surface area contributed by atoms with Gasteiger partial charge in [-0.1, -0.05) is 64.8 Å². The number of aromatic hydroxyl groups is 4. The number of nitrogens with zero attached hydrogens (tertiary/aromatic N) is 14. The van der Waals surface area contributed by atoms with E-state index < -0.39 is 148 Å². The molecule has 44 heteroatoms. The van der Waals surface area contributed by atoms with E-state index in [-0.39, 0.29) is 227 Å². The van der Waals surface area contributed by atoms with Crippen LogP contribution in [0.3, 0.4) is 0 Å². The molecule has 5 atom stereocenters. The number of rotatable bonds is 51. The summed E-state index contributed by atoms with van der Waals surface area (Å²) in [5.41, 5.74) is 4.56. The molecule has 0 unspecified atom stereocenters. The molecule has 15 N–H and O–H groups in total. The van der Waals surface area contributed by atoms with Gasteiger partial charge in [-0.3, -0.25) is 106 Å². The largest absolute Gasteiger partial charge is 0.508 e. The third-order valence-electron chi connectivity index (χ3n) is 25.0. The molecule has 0 saturated carbocycles. The van der Waals surface area contributed by atoms with Crippen LogP contribution in [0, 0.1) is 48.7 Å². The number of hydrogen-bond acceptors (Lipinski definition) is 31. The Hall–Kier alpha value is -11.4. The Balaban J connectivity index is 0.0000237. The number of hydrogen-bond donors (Lipinski definition) is 15. The number of carboxylic acids is 4. The molecule has 767 valence electrons. The van der Waals surface area contributed by atoms with E-state index in [1.165, 1.54) is 31.7 Å². The topological polar surface area (TPSA) is 597 Å². The van der Waals surface area contributed by atoms with Gasteiger partial charge in [-0.25, -0.2) is 0 Å². The monoisotopic (exact) mass is 2100 g/mol. The Kier molecular flexibility index (Phi) is 45.1. The summed E-state index contributed by atoms with van der Waals surface area (Å²) in [5, 5.41) is 141. The summed E-state index contributed by atoms with van der Waals surface area (Å²) in [7, 11) is 0. The molecule has 9 rings (SSSR count). The van der Waals surface area contributed by atoms with Gasteiger partial charge in [-0.05, 0) is 110 Å². The molecule has 5 heterocycles. The molecule has 43 nitrogen and oxygen atoms in total. The van der Waals surface area contributed by atoms with Crippen LogP contribution in [0.1, 0.15) is 187 Å². The number of benzene rings is 4. The normalized spacial score (nSPS) is 15.8. The van der Waals surface area contributed by atoms with Gasteiger partial charge in [-0.15, -0.1) is 20.4 Å². The summed E-state index contributed by atoms with van der Waals surface area (Å²) >= 11 is 0. The molecular formula is C95H132LuN18O25. The van der Waals surface area contributed by atoms with Crippen molar-refractivity contribution in [2.24, 2.45) is 11.8 Å². The zero-order valence-corrected chi connectivity index (χ0v) is 81.1. The van der Waals surface area contributed by atoms with Crippen LogP contribution in [0.4, 0.5) is 0 Å². The fourth-order valence-electron chi connectivity index (χ4n) is 17.2. The molecule has 0 bridgehead atoms. The first kappa shape index (κ1) is 113. The summed E-state index contributed by atoms with van der Waals surface area (Å²) in [6, 6.07) is 16.0. The van der Waals surface area contributed by atoms with E-state index in [0.29, 0.717) is 127 Å². The predicted octanol–water partition coefficient (Wildman–Crippen LogP) is 2.58. The quantitative estimate of drug-likeness (QED) is 0.0244. The molecule has 139 heavy (non-hydrogen) atoms. The van der Waals surface area contributed by atoms with Crippen molar-refractivity contribution in [1.82, 2.24) is 90.0 Å². The van der Waals surface area contributed by atoms with Crippen LogP contribution in [0.15, 0.2) is 72.8 Å². The number of aliphatic carboxylic acids is 4. The number of ketones is 4. The second-order valence-corrected chi connectivity index (χ2v) is 35.8. The van der Waals surface area contributed by atoms with Crippen LogP contribution in [-0.2, 0) is 70.6 Å². The molecule has 0 spiro atoms. The number of nitrogens with one attached hydrogen (secondary N) is 4. The van der Waals surface area contributed by atoms with E-state index in [4.69, 9.17) is 0 Å². The van der Waals surface area contributed by atoms with Gasteiger partial charge in [0, 0.05) is 249 Å². The Morgan fingerprint density at radius 3 is 1.27 bits per heavy atom. The number of unbranched alkanes of at least 4 members (excludes halogenated alkanes) is 2. The van der Waals surface area contributed by atoms with Crippen molar-refractivity contribution in [3.63, 3.8) is 0 Å². The first-order valence-corrected chi connectivity index (χ1v) is 47.0. The van der Waals surface area contributed by atoms with Crippen LogP contribution >= 0.6 is 0 Å². The van der Waals surface area contributed by atoms with E-state index in [1.54, 1.807) is 44.9 Å². The van der Waals surface area contributed by atoms with Crippen molar-refractivity contribution in [3.8, 4) is 57.1 Å². The number of carbonyl (C=O) groups is 14. The summed E-state index contributed by atoms with van der Waals surface area (Å²) < 4.78 is 3.10. The van der Waals surface area contributed by atoms with Crippen molar-refractivity contribution in [3.05, 3.63) is 107 Å². The van der Waals surface area contributed by atoms with Crippen LogP contribution in [-0.4, -0.2) is 383 Å². The maximum atomic E-state index is 14.8. The zero-order valence-electron chi connectivity index (χ0n) is 79.4. The number of aliphatic hydroxyl groups excluding tert-OH is 3. The van der Waals surface area contributed by atoms with Gasteiger partial charge in [-0.2, -0.15) is 0 Å². The molecule has 3 fully saturated rings. The van der Waals surface area contributed by atoms with Gasteiger partial charge >= 0.3 is 23.9 Å². The summed E-state index contributed by atoms with van der Waals surface area (Å²) in [5.74, 6) is -13.3. The van der Waals surface area contributed by atoms with E-state index in [2.05, 4.69) is 51.5 Å². The van der Waals surface area contributed by atoms with E-state index in [0.717, 1.165) is 11.1 Å². The van der Waals surface area contributed by atoms with Gasteiger partial charge in [0.25, 0.3) is 11.8 Å². The van der Waals surface area contributed by atoms with Gasteiger partial charge in [0.05, 0.1) is 56.5 Å². The van der Waals surface area contributed by atoms with Gasteiger partial charge < -0.3 is 87.2 Å². The van der Waals surface area contributed by atoms with Crippen molar-refractivity contribution >= 4 is 82.5 Å². The number of carbonyl (C=O) groups excluding carboxylic acids is 10. The Morgan fingerprint density at radius 2 is 0.842 bits per heavy atom. The Bertz CT molecular complexity index is 5180. The molecule has 0 aliphatic carbocycles. The molecule has 1 radical (unpaired) electrons. The average Bonchev–Trinajstić information content (AvgIpc) is 1.65. The minimum Gasteiger partial charge on any atom is -0.508 e. The number of Topliss-reactive ketones (excluding diaryl/α,β-unsaturated/α-hetero) is 4. The third kappa shape index (κ3) is 33.4. The summed E-state index contributed by atoms with van der Waals surface area (Å²) in [6.45, 7) is 12.1. The number of carboxylic acid groups (broad SMARTS) is 4. The van der Waals surface area contributed by atoms with Crippen LogP contribution < -0.4 is 21.3 Å². The van der Waals surface area contributed by atoms with Crippen molar-refractivity contribution in [2.45, 2.75) is 174 Å². The number of phenolic OH excluding ortho intramolecular Hbond substituents is 4. The molecule has 3 aliphatic rings. The van der Waals surface area contributed by atoms with Gasteiger partial charge in [0.15, 0.2) is 23.2 Å². The summed E-state index contributed by atoms with van der Waals surface area (Å²) in [6.07, 6.45) is -0.619. The van der Waals surface area contributed by atoms with Gasteiger partial charge in [0.1, 0.15) is 52.7 Å². The smallest absolute Gasteiger partial charge is 0.320 e. The zero-order chi connectivity index (χ0) is 101. The van der Waals surface area contributed by atoms with Crippen molar-refractivity contribution in [1.29, 1.82) is 0 Å². The fourth-order valence-corrected chi connectivity index (χ4v) is 17.2. The Morgan fingerprint density at radius 1 is 0.410 bits per heavy atom. The number of aromatic nitrogens is 6. The maximum Gasteiger partial charge on any atom is 0.320 e. The number of aliphatic hydroxyl groups is 3. The second-order valence-electron chi connectivity index (χ2n) is 35.8. The molecule has 2 aromatic heterocycles. The standard InChI is InChI=1S/C95H132N18O25.Lu/c1-7-96-92(134)89-102-100-87(71-47-69(59(3)4)77(120)49-79(71)122)112(89)65-21-17-61(18-22-65)51-104-35-41-110(42-36-104)83(126)28-25-68(118)45-63(94(136)111-43-37-105(38-44-111)52-62-19-23-66(24-20-62)113-88(101-103-90(113)93(135)97-8-2)72-48-70(60(5)6)78(121)50-80(72)123)13-10-9-11-14-67(117)15-12-16-76(119)73(57-115)99-91(133)64(56-114)46-81(124)74(58-116)98-82(125)27-26-75(95(137)138)109-39-33-107(54-85(129)130)31-29-106(53-84(127)128)30-32-108(34-40-109)55-86(131)132;/h17-24,47-50,59-60,63-64,73-75,114-116,120-123H,7-16,25-46,51-58H2,1-6H3,(H,96,134)(H,97,135)(H,98,125)(H,99,133)(H,127,128)(H,129,130)(H,131,132)(H,137,138);/t63-,64-,73-,74-,75-;/m1./s1. The van der Waals surface area contributed by atoms with Crippen LogP contribution in [0.25, 0.3) is 34.2 Å². The van der Waals surface area contributed by atoms with Crippen molar-refractivity contribution in [2.75, 3.05) is 157 Å². The van der Waals surface area contributed by atoms with E-state index in [1.807, 2.05) is 76.2 Å². The molecule has 3 aliphatic heterocycles. The second kappa shape index (κ2) is 55.6. The first-order valence-electron chi connectivity index (χ1n) is 47.0. The minimum absolute atomic E-state index is 0. The van der Waals surface area contributed by atoms with Crippen LogP contribution in [0.5, 0.6) is 23.0 Å². The Labute approximate surface area is 834 Å². The third-order valence-corrected chi connectivity index (χ3v) is 25.0. The predicted molar refractivity (Wildman–Crippen MR) is 500 cm³/mol. The molecule has 6 amide bonds. The number of phenols is 4. The van der Waals surface area contributed by atoms with Gasteiger partial charge in [0.2, 0.25) is 35.3 Å². The van der Waals surface area contributed by atoms with Crippen LogP contribution in [0.2, 0.25) is 0 Å².